The zero-order valence-electron chi connectivity index (χ0n) is 30.5. The number of hydrogen-bond acceptors (Lipinski definition) is 0. The van der Waals surface area contributed by atoms with E-state index < -0.39 is 22.3 Å². The van der Waals surface area contributed by atoms with Gasteiger partial charge in [0, 0.05) is 10.8 Å². The first-order valence-electron chi connectivity index (χ1n) is 17.4. The van der Waals surface area contributed by atoms with Crippen LogP contribution in [0.2, 0.25) is 10.0 Å². The first kappa shape index (κ1) is 36.7. The number of rotatable bonds is 2. The molecule has 254 valence electrons. The van der Waals surface area contributed by atoms with Crippen molar-refractivity contribution < 1.29 is 22.3 Å². The molecule has 0 aromatic heterocycles. The summed E-state index contributed by atoms with van der Waals surface area (Å²) in [7, 11) is 0. The van der Waals surface area contributed by atoms with Gasteiger partial charge in [0.2, 0.25) is 0 Å². The van der Waals surface area contributed by atoms with E-state index in [1.807, 2.05) is 24.3 Å². The molecule has 1 atom stereocenters. The van der Waals surface area contributed by atoms with Crippen LogP contribution in [0.5, 0.6) is 0 Å². The average molecular weight is 773 g/mol. The van der Waals surface area contributed by atoms with Gasteiger partial charge in [0.05, 0.1) is 0 Å². The monoisotopic (exact) mass is 770 g/mol. The molecule has 0 bridgehead atoms. The Morgan fingerprint density at radius 3 is 1.50 bits per heavy atom. The minimum atomic E-state index is -0.623. The van der Waals surface area contributed by atoms with Crippen molar-refractivity contribution in [3.8, 4) is 0 Å². The molecular formula is C47H46Cl2Zr-2. The van der Waals surface area contributed by atoms with Crippen LogP contribution in [0.25, 0.3) is 33.7 Å². The van der Waals surface area contributed by atoms with Gasteiger partial charge in [-0.3, -0.25) is 6.08 Å². The summed E-state index contributed by atoms with van der Waals surface area (Å²) in [5.74, 6) is 0.522. The maximum absolute atomic E-state index is 5.84. The van der Waals surface area contributed by atoms with Crippen molar-refractivity contribution in [2.24, 2.45) is 11.3 Å². The minimum absolute atomic E-state index is 0.152. The second-order valence-corrected chi connectivity index (χ2v) is 18.9. The van der Waals surface area contributed by atoms with E-state index in [9.17, 15) is 0 Å². The van der Waals surface area contributed by atoms with Crippen molar-refractivity contribution in [3.05, 3.63) is 158 Å². The van der Waals surface area contributed by atoms with Gasteiger partial charge in [0.15, 0.2) is 0 Å². The van der Waals surface area contributed by atoms with Crippen molar-refractivity contribution in [3.63, 3.8) is 0 Å². The number of hydrogen-bond donors (Lipinski definition) is 0. The molecule has 5 aromatic carbocycles. The van der Waals surface area contributed by atoms with Crippen LogP contribution in [0.15, 0.2) is 109 Å². The molecule has 3 heteroatoms. The molecule has 3 aliphatic rings. The SMILES string of the molecule is CC1(C)C=Cc2cc3c(cc21)[cH-]c1cc2c(cc13)C=CC2(C)C.CC1[C-]=CC(C(C)(C)C)=C1.Clc1ccc([CH]=[Zr]=[CH]c2ccc(Cl)cc2)cc1. The van der Waals surface area contributed by atoms with E-state index in [2.05, 4.69) is 160 Å². The second kappa shape index (κ2) is 14.5. The van der Waals surface area contributed by atoms with Crippen LogP contribution >= 0.6 is 23.2 Å². The van der Waals surface area contributed by atoms with Gasteiger partial charge in [-0.15, -0.1) is 39.7 Å². The van der Waals surface area contributed by atoms with Crippen LogP contribution in [-0.2, 0) is 33.1 Å². The van der Waals surface area contributed by atoms with E-state index in [-0.39, 0.29) is 10.8 Å². The van der Waals surface area contributed by atoms with Crippen molar-refractivity contribution >= 4 is 64.3 Å². The fraction of sp³-hybridized carbons (Fsp3) is 0.255. The molecule has 0 saturated heterocycles. The number of benzene rings is 4. The van der Waals surface area contributed by atoms with Crippen LogP contribution in [-0.4, -0.2) is 7.42 Å². The molecule has 0 amide bonds. The topological polar surface area (TPSA) is 0 Å². The molecule has 50 heavy (non-hydrogen) atoms. The van der Waals surface area contributed by atoms with Crippen molar-refractivity contribution in [1.29, 1.82) is 0 Å². The Morgan fingerprint density at radius 2 is 1.14 bits per heavy atom. The zero-order chi connectivity index (χ0) is 35.8. The summed E-state index contributed by atoms with van der Waals surface area (Å²) in [6, 6.07) is 27.9. The van der Waals surface area contributed by atoms with Gasteiger partial charge in [-0.25, -0.2) is 6.08 Å². The molecular weight excluding hydrogens is 727 g/mol. The van der Waals surface area contributed by atoms with Crippen LogP contribution < -0.4 is 0 Å². The first-order valence-corrected chi connectivity index (χ1v) is 21.0. The number of allylic oxidation sites excluding steroid dienone is 6. The third kappa shape index (κ3) is 8.34. The number of halogens is 2. The van der Waals surface area contributed by atoms with Crippen molar-refractivity contribution in [2.45, 2.75) is 66.2 Å². The fourth-order valence-corrected chi connectivity index (χ4v) is 9.06. The third-order valence-electron chi connectivity index (χ3n) is 9.83. The Kier molecular flexibility index (Phi) is 10.6. The molecule has 0 aliphatic heterocycles. The zero-order valence-corrected chi connectivity index (χ0v) is 34.4. The maximum atomic E-state index is 5.84. The molecule has 3 aliphatic carbocycles. The van der Waals surface area contributed by atoms with E-state index in [1.165, 1.54) is 60.5 Å². The van der Waals surface area contributed by atoms with Gasteiger partial charge in [-0.1, -0.05) is 114 Å². The van der Waals surface area contributed by atoms with Gasteiger partial charge in [0.25, 0.3) is 0 Å². The molecule has 5 aromatic rings. The van der Waals surface area contributed by atoms with Crippen LogP contribution in [0.4, 0.5) is 0 Å². The summed E-state index contributed by atoms with van der Waals surface area (Å²) in [6.45, 7) is 18.0. The van der Waals surface area contributed by atoms with E-state index >= 15 is 0 Å². The quantitative estimate of drug-likeness (QED) is 0.157. The first-order chi connectivity index (χ1) is 23.6. The predicted molar refractivity (Wildman–Crippen MR) is 219 cm³/mol. The number of fused-ring (bicyclic) bond motifs is 5. The molecule has 0 radical (unpaired) electrons. The normalized spacial score (nSPS) is 17.3. The van der Waals surface area contributed by atoms with Gasteiger partial charge in [0.1, 0.15) is 0 Å². The van der Waals surface area contributed by atoms with Crippen LogP contribution in [0, 0.1) is 17.4 Å². The molecule has 1 unspecified atom stereocenters. The molecule has 0 fully saturated rings. The molecule has 8 rings (SSSR count). The molecule has 0 N–H and O–H groups in total. The van der Waals surface area contributed by atoms with Crippen LogP contribution in [0.3, 0.4) is 0 Å². The van der Waals surface area contributed by atoms with Gasteiger partial charge >= 0.3 is 123 Å². The van der Waals surface area contributed by atoms with Gasteiger partial charge in [-0.05, 0) is 11.1 Å². The summed E-state index contributed by atoms with van der Waals surface area (Å²) in [5, 5.41) is 7.11. The van der Waals surface area contributed by atoms with Crippen molar-refractivity contribution in [1.82, 2.24) is 0 Å². The van der Waals surface area contributed by atoms with Crippen molar-refractivity contribution in [2.75, 3.05) is 0 Å². The standard InChI is InChI=1S/C23H21.C10H15.2C7H5Cl.Zr/c1-22(2)7-5-14-10-18-16(12-20(14)22)9-17-13-21-15(11-19(17)18)6-8-23(21,3)4;1-8-5-6-9(7-8)10(2,3)4;2*1-6-2-4-7(8)5-3-6;/h5-13H,1-4H3;6-8H,1-4H3;2*1-5H;/q2*-1;;;. The summed E-state index contributed by atoms with van der Waals surface area (Å²) in [5.41, 5.74) is 10.2. The third-order valence-corrected chi connectivity index (χ3v) is 12.8. The summed E-state index contributed by atoms with van der Waals surface area (Å²) < 4.78 is 4.66. The Hall–Kier alpha value is -3.09. The summed E-state index contributed by atoms with van der Waals surface area (Å²) in [6.07, 6.45) is 16.9. The van der Waals surface area contributed by atoms with Gasteiger partial charge < -0.3 is 0 Å². The summed E-state index contributed by atoms with van der Waals surface area (Å²) >= 11 is 11.0. The van der Waals surface area contributed by atoms with E-state index in [4.69, 9.17) is 23.2 Å². The summed E-state index contributed by atoms with van der Waals surface area (Å²) in [4.78, 5) is 0. The second-order valence-electron chi connectivity index (χ2n) is 15.8. The molecule has 0 spiro atoms. The van der Waals surface area contributed by atoms with Gasteiger partial charge in [-0.2, -0.15) is 11.6 Å². The molecule has 0 nitrogen and oxygen atoms in total. The van der Waals surface area contributed by atoms with E-state index in [0.717, 1.165) is 10.0 Å². The molecule has 0 heterocycles. The van der Waals surface area contributed by atoms with E-state index in [0.29, 0.717) is 11.3 Å². The Labute approximate surface area is 320 Å². The van der Waals surface area contributed by atoms with Crippen LogP contribution in [0.1, 0.15) is 88.8 Å². The predicted octanol–water partition coefficient (Wildman–Crippen LogP) is 13.4. The Bertz CT molecular complexity index is 2100. The molecule has 0 saturated carbocycles. The Morgan fingerprint density at radius 1 is 0.700 bits per heavy atom. The fourth-order valence-electron chi connectivity index (χ4n) is 6.71. The Balaban J connectivity index is 0.000000141. The average Bonchev–Trinajstić information content (AvgIpc) is 3.81. The van der Waals surface area contributed by atoms with E-state index in [1.54, 1.807) is 0 Å².